The number of benzene rings is 1. The number of carbonyl (C=O) groups is 1. The largest absolute Gasteiger partial charge is 0.417 e. The van der Waals surface area contributed by atoms with Crippen molar-refractivity contribution in [2.75, 3.05) is 11.1 Å². The molecule has 2 heterocycles. The molecule has 1 N–H and O–H groups in total. The van der Waals surface area contributed by atoms with Gasteiger partial charge in [-0.2, -0.15) is 13.2 Å². The molecular formula is C19H15Cl2F3N4O2S. The van der Waals surface area contributed by atoms with Crippen LogP contribution in [0.3, 0.4) is 0 Å². The van der Waals surface area contributed by atoms with Gasteiger partial charge in [0.1, 0.15) is 0 Å². The first-order valence-electron chi connectivity index (χ1n) is 8.95. The molecule has 12 heteroatoms. The van der Waals surface area contributed by atoms with Gasteiger partial charge in [0.05, 0.1) is 27.2 Å². The summed E-state index contributed by atoms with van der Waals surface area (Å²) in [5, 5.41) is 3.18. The summed E-state index contributed by atoms with van der Waals surface area (Å²) in [4.78, 5) is 33.1. The van der Waals surface area contributed by atoms with Gasteiger partial charge in [0.15, 0.2) is 11.0 Å². The van der Waals surface area contributed by atoms with Gasteiger partial charge >= 0.3 is 6.18 Å². The Bertz CT molecular complexity index is 1200. The zero-order valence-corrected chi connectivity index (χ0v) is 18.3. The molecule has 31 heavy (non-hydrogen) atoms. The maximum Gasteiger partial charge on any atom is 0.417 e. The second-order valence-electron chi connectivity index (χ2n) is 6.40. The lowest BCUT2D eigenvalue weighted by molar-refractivity contribution is -0.137. The smallest absolute Gasteiger partial charge is 0.309 e. The van der Waals surface area contributed by atoms with Crippen molar-refractivity contribution in [3.05, 3.63) is 56.4 Å². The van der Waals surface area contributed by atoms with Crippen molar-refractivity contribution < 1.29 is 18.0 Å². The first-order valence-corrected chi connectivity index (χ1v) is 10.7. The lowest BCUT2D eigenvalue weighted by Gasteiger charge is -2.13. The molecule has 1 aromatic carbocycles. The summed E-state index contributed by atoms with van der Waals surface area (Å²) < 4.78 is 39.6. The number of anilines is 1. The zero-order valence-electron chi connectivity index (χ0n) is 16.0. The third-order valence-corrected chi connectivity index (χ3v) is 5.59. The number of thioether (sulfide) groups is 1. The second-order valence-corrected chi connectivity index (χ2v) is 8.19. The molecule has 0 saturated heterocycles. The Morgan fingerprint density at radius 1 is 1.26 bits per heavy atom. The molecule has 6 nitrogen and oxygen atoms in total. The fourth-order valence-electron chi connectivity index (χ4n) is 2.69. The summed E-state index contributed by atoms with van der Waals surface area (Å²) in [5.41, 5.74) is -0.869. The molecule has 0 aliphatic carbocycles. The van der Waals surface area contributed by atoms with Gasteiger partial charge in [-0.1, -0.05) is 41.9 Å². The molecule has 1 amide bonds. The van der Waals surface area contributed by atoms with E-state index in [1.165, 1.54) is 4.57 Å². The van der Waals surface area contributed by atoms with Gasteiger partial charge in [-0.05, 0) is 30.7 Å². The van der Waals surface area contributed by atoms with Crippen LogP contribution in [0.25, 0.3) is 10.9 Å². The highest BCUT2D eigenvalue weighted by Crippen LogP contribution is 2.32. The van der Waals surface area contributed by atoms with Crippen LogP contribution in [0.2, 0.25) is 10.0 Å². The molecule has 0 bridgehead atoms. The van der Waals surface area contributed by atoms with Crippen molar-refractivity contribution >= 4 is 57.6 Å². The van der Waals surface area contributed by atoms with E-state index in [9.17, 15) is 22.8 Å². The van der Waals surface area contributed by atoms with Crippen molar-refractivity contribution in [2.24, 2.45) is 0 Å². The van der Waals surface area contributed by atoms with Crippen LogP contribution in [0, 0.1) is 0 Å². The number of hydrogen-bond acceptors (Lipinski definition) is 5. The van der Waals surface area contributed by atoms with Crippen molar-refractivity contribution in [3.8, 4) is 0 Å². The Morgan fingerprint density at radius 3 is 2.65 bits per heavy atom. The van der Waals surface area contributed by atoms with Gasteiger partial charge in [0.2, 0.25) is 5.91 Å². The maximum absolute atomic E-state index is 12.8. The lowest BCUT2D eigenvalue weighted by atomic mass is 10.2. The first kappa shape index (κ1) is 23.4. The average Bonchev–Trinajstić information content (AvgIpc) is 2.69. The number of aromatic nitrogens is 3. The summed E-state index contributed by atoms with van der Waals surface area (Å²) in [6.07, 6.45) is -3.34. The summed E-state index contributed by atoms with van der Waals surface area (Å²) in [7, 11) is 0. The van der Waals surface area contributed by atoms with Gasteiger partial charge < -0.3 is 5.32 Å². The lowest BCUT2D eigenvalue weighted by Crippen LogP contribution is -2.24. The van der Waals surface area contributed by atoms with Crippen molar-refractivity contribution in [2.45, 2.75) is 31.2 Å². The summed E-state index contributed by atoms with van der Waals surface area (Å²) >= 11 is 12.8. The van der Waals surface area contributed by atoms with Crippen molar-refractivity contribution in [1.82, 2.24) is 14.5 Å². The Hall–Kier alpha value is -2.30. The van der Waals surface area contributed by atoms with E-state index in [1.807, 2.05) is 6.92 Å². The quantitative estimate of drug-likeness (QED) is 0.376. The van der Waals surface area contributed by atoms with E-state index >= 15 is 0 Å². The topological polar surface area (TPSA) is 76.9 Å². The number of nitrogens with zero attached hydrogens (tertiary/aromatic N) is 3. The molecule has 2 aromatic heterocycles. The van der Waals surface area contributed by atoms with E-state index in [0.717, 1.165) is 11.8 Å². The second kappa shape index (κ2) is 9.46. The minimum absolute atomic E-state index is 0.165. The number of rotatable bonds is 6. The number of pyridine rings is 1. The van der Waals surface area contributed by atoms with Crippen LogP contribution in [-0.2, 0) is 17.5 Å². The molecule has 164 valence electrons. The van der Waals surface area contributed by atoms with E-state index < -0.39 is 17.6 Å². The van der Waals surface area contributed by atoms with Crippen LogP contribution in [0.4, 0.5) is 19.0 Å². The van der Waals surface area contributed by atoms with E-state index in [2.05, 4.69) is 15.3 Å². The Balaban J connectivity index is 1.80. The van der Waals surface area contributed by atoms with Crippen molar-refractivity contribution in [1.29, 1.82) is 0 Å². The minimum Gasteiger partial charge on any atom is -0.309 e. The van der Waals surface area contributed by atoms with Crippen molar-refractivity contribution in [3.63, 3.8) is 0 Å². The number of amides is 1. The molecule has 0 spiro atoms. The highest BCUT2D eigenvalue weighted by atomic mass is 35.5. The molecular weight excluding hydrogens is 476 g/mol. The Labute approximate surface area is 188 Å². The summed E-state index contributed by atoms with van der Waals surface area (Å²) in [6.45, 7) is 2.30. The highest BCUT2D eigenvalue weighted by molar-refractivity contribution is 7.99. The van der Waals surface area contributed by atoms with Crippen LogP contribution in [0.15, 0.2) is 40.4 Å². The molecule has 0 fully saturated rings. The van der Waals surface area contributed by atoms with E-state index in [-0.39, 0.29) is 22.2 Å². The zero-order chi connectivity index (χ0) is 22.8. The molecule has 0 aliphatic rings. The predicted octanol–water partition coefficient (Wildman–Crippen LogP) is 5.26. The van der Waals surface area contributed by atoms with Gasteiger partial charge in [-0.15, -0.1) is 0 Å². The van der Waals surface area contributed by atoms with E-state index in [0.29, 0.717) is 46.3 Å². The number of nitrogens with one attached hydrogen (secondary N) is 1. The minimum atomic E-state index is -4.59. The molecule has 0 aliphatic heterocycles. The van der Waals surface area contributed by atoms with Crippen LogP contribution in [0.5, 0.6) is 0 Å². The number of alkyl halides is 3. The van der Waals surface area contributed by atoms with E-state index in [1.54, 1.807) is 18.2 Å². The molecule has 0 atom stereocenters. The van der Waals surface area contributed by atoms with Gasteiger partial charge in [0.25, 0.3) is 5.56 Å². The van der Waals surface area contributed by atoms with Crippen LogP contribution in [0.1, 0.15) is 18.9 Å². The van der Waals surface area contributed by atoms with Gasteiger partial charge in [-0.3, -0.25) is 14.2 Å². The predicted molar refractivity (Wildman–Crippen MR) is 115 cm³/mol. The monoisotopic (exact) mass is 490 g/mol. The molecule has 3 aromatic rings. The van der Waals surface area contributed by atoms with Gasteiger partial charge in [-0.25, -0.2) is 9.97 Å². The SMILES string of the molecule is CCCn1c(SCC(=O)Nc2ncc(C(F)(F)F)cc2Cl)nc2cc(Cl)ccc2c1=O. The molecule has 0 saturated carbocycles. The first-order chi connectivity index (χ1) is 14.6. The molecule has 0 radical (unpaired) electrons. The third-order valence-electron chi connectivity index (χ3n) is 4.09. The number of carbonyl (C=O) groups excluding carboxylic acids is 1. The summed E-state index contributed by atoms with van der Waals surface area (Å²) in [5.74, 6) is -0.923. The molecule has 3 rings (SSSR count). The highest BCUT2D eigenvalue weighted by Gasteiger charge is 2.31. The Kier molecular flexibility index (Phi) is 7.13. The van der Waals surface area contributed by atoms with Crippen LogP contribution >= 0.6 is 35.0 Å². The summed E-state index contributed by atoms with van der Waals surface area (Å²) in [6, 6.07) is 5.44. The number of hydrogen-bond donors (Lipinski definition) is 1. The van der Waals surface area contributed by atoms with E-state index in [4.69, 9.17) is 23.2 Å². The van der Waals surface area contributed by atoms with Crippen LogP contribution < -0.4 is 10.9 Å². The average molecular weight is 491 g/mol. The number of fused-ring (bicyclic) bond motifs is 1. The fraction of sp³-hybridized carbons (Fsp3) is 0.263. The standard InChI is InChI=1S/C19H15Cl2F3N4O2S/c1-2-5-28-17(30)12-4-3-11(20)7-14(12)26-18(28)31-9-15(29)27-16-13(21)6-10(8-25-16)19(22,23)24/h3-4,6-8H,2,5,9H2,1H3,(H,25,27,29). The van der Waals surface area contributed by atoms with Crippen LogP contribution in [-0.4, -0.2) is 26.2 Å². The maximum atomic E-state index is 12.8. The third kappa shape index (κ3) is 5.50. The number of halogens is 5. The fourth-order valence-corrected chi connectivity index (χ4v) is 3.89. The molecule has 0 unspecified atom stereocenters. The Morgan fingerprint density at radius 2 is 2.00 bits per heavy atom. The van der Waals surface area contributed by atoms with Gasteiger partial charge in [0, 0.05) is 17.8 Å². The normalized spacial score (nSPS) is 11.7.